The van der Waals surface area contributed by atoms with Crippen LogP contribution in [0.5, 0.6) is 5.75 Å². The number of aromatic nitrogens is 3. The van der Waals surface area contributed by atoms with Crippen molar-refractivity contribution in [2.75, 3.05) is 17.2 Å². The molecule has 0 unspecified atom stereocenters. The fraction of sp³-hybridized carbons (Fsp3) is 0.174. The maximum atomic E-state index is 12.6. The summed E-state index contributed by atoms with van der Waals surface area (Å²) in [5.74, 6) is 0.520. The molecule has 2 aromatic carbocycles. The molecule has 0 aliphatic carbocycles. The summed E-state index contributed by atoms with van der Waals surface area (Å²) < 4.78 is 7.87. The predicted molar refractivity (Wildman–Crippen MR) is 128 cm³/mol. The van der Waals surface area contributed by atoms with E-state index in [1.54, 1.807) is 24.8 Å². The number of amides is 1. The van der Waals surface area contributed by atoms with Crippen LogP contribution in [-0.4, -0.2) is 27.0 Å². The van der Waals surface area contributed by atoms with Crippen molar-refractivity contribution >= 4 is 45.4 Å². The van der Waals surface area contributed by atoms with E-state index in [0.717, 1.165) is 30.0 Å². The minimum Gasteiger partial charge on any atom is -0.493 e. The normalized spacial score (nSPS) is 10.7. The fourth-order valence-corrected chi connectivity index (χ4v) is 4.05. The van der Waals surface area contributed by atoms with Crippen LogP contribution in [0.3, 0.4) is 0 Å². The second kappa shape index (κ2) is 10.3. The number of anilines is 3. The first-order chi connectivity index (χ1) is 15.6. The van der Waals surface area contributed by atoms with Gasteiger partial charge in [0, 0.05) is 30.7 Å². The average Bonchev–Trinajstić information content (AvgIpc) is 3.46. The van der Waals surface area contributed by atoms with Crippen molar-refractivity contribution in [1.29, 1.82) is 0 Å². The van der Waals surface area contributed by atoms with E-state index in [-0.39, 0.29) is 5.91 Å². The van der Waals surface area contributed by atoms with Gasteiger partial charge in [0.05, 0.1) is 29.8 Å². The minimum atomic E-state index is -0.248. The van der Waals surface area contributed by atoms with Crippen molar-refractivity contribution in [2.24, 2.45) is 0 Å². The molecule has 0 atom stereocenters. The van der Waals surface area contributed by atoms with E-state index in [0.29, 0.717) is 27.3 Å². The first-order valence-corrected chi connectivity index (χ1v) is 11.3. The number of halogens is 1. The number of carbonyl (C=O) groups is 1. The lowest BCUT2D eigenvalue weighted by molar-refractivity contribution is 0.103. The molecule has 0 fully saturated rings. The maximum Gasteiger partial charge on any atom is 0.267 e. The second-order valence-electron chi connectivity index (χ2n) is 7.07. The zero-order valence-electron chi connectivity index (χ0n) is 17.4. The van der Waals surface area contributed by atoms with Gasteiger partial charge in [0.15, 0.2) is 5.13 Å². The topological polar surface area (TPSA) is 81.1 Å². The maximum absolute atomic E-state index is 12.6. The standard InChI is InChI=1S/C23H22ClN5O2S/c1-16-5-2-8-19(24)21(16)28-22(30)20-14-26-23(32-20)27-17-6-3-7-18(13-17)31-12-4-10-29-11-9-25-15-29/h2-3,5-9,11,13-15H,4,10,12H2,1H3,(H,26,27)(H,28,30). The van der Waals surface area contributed by atoms with Gasteiger partial charge in [-0.15, -0.1) is 0 Å². The van der Waals surface area contributed by atoms with Gasteiger partial charge in [0.1, 0.15) is 10.6 Å². The fourth-order valence-electron chi connectivity index (χ4n) is 3.05. The van der Waals surface area contributed by atoms with E-state index < -0.39 is 0 Å². The number of thiazole rings is 1. The Morgan fingerprint density at radius 3 is 2.94 bits per heavy atom. The van der Waals surface area contributed by atoms with Crippen LogP contribution < -0.4 is 15.4 Å². The lowest BCUT2D eigenvalue weighted by Gasteiger charge is -2.09. The van der Waals surface area contributed by atoms with Crippen molar-refractivity contribution in [3.8, 4) is 5.75 Å². The highest BCUT2D eigenvalue weighted by atomic mass is 35.5. The number of hydrogen-bond acceptors (Lipinski definition) is 6. The summed E-state index contributed by atoms with van der Waals surface area (Å²) in [5.41, 5.74) is 2.34. The molecule has 2 N–H and O–H groups in total. The smallest absolute Gasteiger partial charge is 0.267 e. The number of ether oxygens (including phenoxy) is 1. The van der Waals surface area contributed by atoms with Crippen molar-refractivity contribution < 1.29 is 9.53 Å². The Kier molecular flexibility index (Phi) is 7.03. The molecule has 4 aromatic rings. The molecule has 164 valence electrons. The third-order valence-corrected chi connectivity index (χ3v) is 5.89. The first kappa shape index (κ1) is 21.9. The number of aryl methyl sites for hydroxylation is 2. The lowest BCUT2D eigenvalue weighted by Crippen LogP contribution is -2.11. The molecule has 7 nitrogen and oxygen atoms in total. The number of nitrogens with one attached hydrogen (secondary N) is 2. The first-order valence-electron chi connectivity index (χ1n) is 10.1. The van der Waals surface area contributed by atoms with Crippen LogP contribution in [-0.2, 0) is 6.54 Å². The second-order valence-corrected chi connectivity index (χ2v) is 8.51. The summed E-state index contributed by atoms with van der Waals surface area (Å²) in [6.45, 7) is 3.36. The zero-order valence-corrected chi connectivity index (χ0v) is 19.0. The number of para-hydroxylation sites is 1. The van der Waals surface area contributed by atoms with Gasteiger partial charge >= 0.3 is 0 Å². The van der Waals surface area contributed by atoms with Gasteiger partial charge in [0.2, 0.25) is 0 Å². The van der Waals surface area contributed by atoms with Crippen molar-refractivity contribution in [2.45, 2.75) is 19.9 Å². The number of rotatable bonds is 9. The van der Waals surface area contributed by atoms with Crippen LogP contribution in [0, 0.1) is 6.92 Å². The van der Waals surface area contributed by atoms with Gasteiger partial charge in [-0.1, -0.05) is 41.1 Å². The van der Waals surface area contributed by atoms with Gasteiger partial charge in [-0.2, -0.15) is 0 Å². The molecule has 2 aromatic heterocycles. The van der Waals surface area contributed by atoms with E-state index in [9.17, 15) is 4.79 Å². The van der Waals surface area contributed by atoms with Gasteiger partial charge in [0.25, 0.3) is 5.91 Å². The third-order valence-electron chi connectivity index (χ3n) is 4.66. The molecule has 0 bridgehead atoms. The van der Waals surface area contributed by atoms with E-state index in [2.05, 4.69) is 20.6 Å². The van der Waals surface area contributed by atoms with Crippen molar-refractivity contribution in [1.82, 2.24) is 14.5 Å². The largest absolute Gasteiger partial charge is 0.493 e. The Hall–Kier alpha value is -3.36. The number of hydrogen-bond donors (Lipinski definition) is 2. The summed E-state index contributed by atoms with van der Waals surface area (Å²) >= 11 is 7.47. The third kappa shape index (κ3) is 5.66. The Morgan fingerprint density at radius 2 is 2.12 bits per heavy atom. The lowest BCUT2D eigenvalue weighted by atomic mass is 10.2. The van der Waals surface area contributed by atoms with Crippen molar-refractivity contribution in [3.05, 3.63) is 82.8 Å². The van der Waals surface area contributed by atoms with Crippen LogP contribution >= 0.6 is 22.9 Å². The molecule has 0 aliphatic rings. The molecule has 32 heavy (non-hydrogen) atoms. The SMILES string of the molecule is Cc1cccc(Cl)c1NC(=O)c1cnc(Nc2cccc(OCCCn3ccnc3)c2)s1. The summed E-state index contributed by atoms with van der Waals surface area (Å²) in [7, 11) is 0. The van der Waals surface area contributed by atoms with Gasteiger partial charge in [-0.3, -0.25) is 4.79 Å². The van der Waals surface area contributed by atoms with Crippen molar-refractivity contribution in [3.63, 3.8) is 0 Å². The predicted octanol–water partition coefficient (Wildman–Crippen LogP) is 5.77. The quantitative estimate of drug-likeness (QED) is 0.305. The summed E-state index contributed by atoms with van der Waals surface area (Å²) in [4.78, 5) is 21.4. The van der Waals surface area contributed by atoms with Gasteiger partial charge in [-0.05, 0) is 37.1 Å². The molecule has 0 spiro atoms. The summed E-state index contributed by atoms with van der Waals surface area (Å²) in [6, 6.07) is 13.1. The summed E-state index contributed by atoms with van der Waals surface area (Å²) in [5, 5.41) is 7.21. The van der Waals surface area contributed by atoms with E-state index in [1.165, 1.54) is 11.3 Å². The molecule has 4 rings (SSSR count). The van der Waals surface area contributed by atoms with Crippen LogP contribution in [0.2, 0.25) is 5.02 Å². The zero-order chi connectivity index (χ0) is 22.3. The highest BCUT2D eigenvalue weighted by Crippen LogP contribution is 2.28. The van der Waals surface area contributed by atoms with Crippen LogP contribution in [0.25, 0.3) is 0 Å². The summed E-state index contributed by atoms with van der Waals surface area (Å²) in [6.07, 6.45) is 7.92. The Morgan fingerprint density at radius 1 is 1.25 bits per heavy atom. The molecule has 0 saturated heterocycles. The molecule has 0 radical (unpaired) electrons. The molecule has 2 heterocycles. The number of carbonyl (C=O) groups excluding carboxylic acids is 1. The Labute approximate surface area is 195 Å². The molecular formula is C23H22ClN5O2S. The molecular weight excluding hydrogens is 446 g/mol. The molecule has 0 saturated carbocycles. The van der Waals surface area contributed by atoms with E-state index >= 15 is 0 Å². The van der Waals surface area contributed by atoms with Crippen LogP contribution in [0.15, 0.2) is 67.4 Å². The monoisotopic (exact) mass is 467 g/mol. The Bertz CT molecular complexity index is 1170. The Balaban J connectivity index is 1.33. The number of benzene rings is 2. The molecule has 9 heteroatoms. The molecule has 0 aliphatic heterocycles. The van der Waals surface area contributed by atoms with E-state index in [1.807, 2.05) is 54.1 Å². The van der Waals surface area contributed by atoms with Crippen LogP contribution in [0.4, 0.5) is 16.5 Å². The van der Waals surface area contributed by atoms with Gasteiger partial charge < -0.3 is 19.9 Å². The minimum absolute atomic E-state index is 0.248. The number of nitrogens with zero attached hydrogens (tertiary/aromatic N) is 3. The van der Waals surface area contributed by atoms with E-state index in [4.69, 9.17) is 16.3 Å². The highest BCUT2D eigenvalue weighted by Gasteiger charge is 2.14. The number of imidazole rings is 1. The highest BCUT2D eigenvalue weighted by molar-refractivity contribution is 7.17. The average molecular weight is 468 g/mol. The van der Waals surface area contributed by atoms with Gasteiger partial charge in [-0.25, -0.2) is 9.97 Å². The van der Waals surface area contributed by atoms with Crippen LogP contribution in [0.1, 0.15) is 21.7 Å². The molecule has 1 amide bonds.